The van der Waals surface area contributed by atoms with E-state index in [4.69, 9.17) is 0 Å². The number of halogens is 3. The van der Waals surface area contributed by atoms with Crippen LogP contribution in [0, 0.1) is 17.5 Å². The Morgan fingerprint density at radius 3 is 2.50 bits per heavy atom. The summed E-state index contributed by atoms with van der Waals surface area (Å²) in [5.74, 6) is -3.72. The van der Waals surface area contributed by atoms with E-state index in [0.29, 0.717) is 12.1 Å². The van der Waals surface area contributed by atoms with Crippen LogP contribution in [0.25, 0.3) is 0 Å². The van der Waals surface area contributed by atoms with Crippen LogP contribution in [0.1, 0.15) is 18.4 Å². The minimum Gasteiger partial charge on any atom is -0.337 e. The van der Waals surface area contributed by atoms with Crippen molar-refractivity contribution in [2.24, 2.45) is 0 Å². The van der Waals surface area contributed by atoms with Crippen molar-refractivity contribution < 1.29 is 13.2 Å². The van der Waals surface area contributed by atoms with Gasteiger partial charge in [0.15, 0.2) is 17.5 Å². The number of aryl methyl sites for hydroxylation is 1. The summed E-state index contributed by atoms with van der Waals surface area (Å²) in [6, 6.07) is 2.02. The van der Waals surface area contributed by atoms with Gasteiger partial charge >= 0.3 is 0 Å². The number of rotatable bonds is 7. The van der Waals surface area contributed by atoms with Gasteiger partial charge in [-0.15, -0.1) is 0 Å². The van der Waals surface area contributed by atoms with Crippen molar-refractivity contribution in [2.45, 2.75) is 25.9 Å². The van der Waals surface area contributed by atoms with Gasteiger partial charge in [-0.25, -0.2) is 18.2 Å². The number of hydrogen-bond acceptors (Lipinski definition) is 2. The molecule has 0 spiro atoms. The van der Waals surface area contributed by atoms with Gasteiger partial charge < -0.3 is 9.88 Å². The molecule has 0 aliphatic rings. The van der Waals surface area contributed by atoms with E-state index in [1.807, 2.05) is 10.8 Å². The van der Waals surface area contributed by atoms with Crippen molar-refractivity contribution >= 4 is 0 Å². The van der Waals surface area contributed by atoms with Gasteiger partial charge in [-0.1, -0.05) is 0 Å². The quantitative estimate of drug-likeness (QED) is 0.625. The predicted molar refractivity (Wildman–Crippen MR) is 69.5 cm³/mol. The number of nitrogens with one attached hydrogen (secondary N) is 1. The predicted octanol–water partition coefficient (Wildman–Crippen LogP) is 2.87. The Bertz CT molecular complexity index is 518. The molecular formula is C14H16F3N3. The molecule has 108 valence electrons. The van der Waals surface area contributed by atoms with Gasteiger partial charge in [0.2, 0.25) is 0 Å². The smallest absolute Gasteiger partial charge is 0.194 e. The molecule has 0 bridgehead atoms. The average Bonchev–Trinajstić information content (AvgIpc) is 2.93. The summed E-state index contributed by atoms with van der Waals surface area (Å²) in [7, 11) is 0. The summed E-state index contributed by atoms with van der Waals surface area (Å²) in [4.78, 5) is 3.95. The van der Waals surface area contributed by atoms with Crippen LogP contribution in [0.3, 0.4) is 0 Å². The number of aromatic nitrogens is 2. The molecule has 0 saturated carbocycles. The molecule has 2 aromatic rings. The Balaban J connectivity index is 1.66. The molecule has 3 nitrogen and oxygen atoms in total. The Morgan fingerprint density at radius 1 is 1.10 bits per heavy atom. The van der Waals surface area contributed by atoms with E-state index in [1.54, 1.807) is 12.5 Å². The van der Waals surface area contributed by atoms with Crippen molar-refractivity contribution in [3.05, 3.63) is 53.9 Å². The Labute approximate surface area is 115 Å². The average molecular weight is 283 g/mol. The molecule has 1 aromatic heterocycles. The normalized spacial score (nSPS) is 10.9. The fourth-order valence-electron chi connectivity index (χ4n) is 1.91. The van der Waals surface area contributed by atoms with Crippen LogP contribution in [-0.2, 0) is 13.1 Å². The zero-order chi connectivity index (χ0) is 14.4. The van der Waals surface area contributed by atoms with Gasteiger partial charge in [-0.3, -0.25) is 0 Å². The van der Waals surface area contributed by atoms with Crippen LogP contribution in [0.4, 0.5) is 13.2 Å². The Hall–Kier alpha value is -1.82. The van der Waals surface area contributed by atoms with Crippen LogP contribution >= 0.6 is 0 Å². The van der Waals surface area contributed by atoms with E-state index in [0.717, 1.165) is 38.1 Å². The second-order valence-electron chi connectivity index (χ2n) is 4.56. The lowest BCUT2D eigenvalue weighted by atomic mass is 10.2. The van der Waals surface area contributed by atoms with Gasteiger partial charge in [-0.05, 0) is 37.1 Å². The first-order valence-electron chi connectivity index (χ1n) is 6.46. The van der Waals surface area contributed by atoms with Crippen LogP contribution in [0.5, 0.6) is 0 Å². The monoisotopic (exact) mass is 283 g/mol. The molecule has 1 N–H and O–H groups in total. The highest BCUT2D eigenvalue weighted by Crippen LogP contribution is 2.13. The number of imidazole rings is 1. The summed E-state index contributed by atoms with van der Waals surface area (Å²) in [6.07, 6.45) is 7.31. The van der Waals surface area contributed by atoms with Crippen LogP contribution in [0.15, 0.2) is 30.9 Å². The second-order valence-corrected chi connectivity index (χ2v) is 4.56. The molecule has 0 radical (unpaired) electrons. The third-order valence-corrected chi connectivity index (χ3v) is 2.95. The summed E-state index contributed by atoms with van der Waals surface area (Å²) >= 11 is 0. The topological polar surface area (TPSA) is 29.9 Å². The first-order valence-corrected chi connectivity index (χ1v) is 6.46. The van der Waals surface area contributed by atoms with Crippen molar-refractivity contribution in [3.8, 4) is 0 Å². The van der Waals surface area contributed by atoms with Crippen molar-refractivity contribution in [3.63, 3.8) is 0 Å². The molecule has 0 atom stereocenters. The van der Waals surface area contributed by atoms with Crippen LogP contribution in [-0.4, -0.2) is 16.1 Å². The van der Waals surface area contributed by atoms with E-state index in [1.165, 1.54) is 0 Å². The molecule has 0 aliphatic carbocycles. The maximum atomic E-state index is 13.0. The lowest BCUT2D eigenvalue weighted by Crippen LogP contribution is -2.15. The maximum absolute atomic E-state index is 13.0. The van der Waals surface area contributed by atoms with Gasteiger partial charge in [0.1, 0.15) is 0 Å². The van der Waals surface area contributed by atoms with Gasteiger partial charge in [0.25, 0.3) is 0 Å². The lowest BCUT2D eigenvalue weighted by molar-refractivity contribution is 0.444. The number of nitrogens with zero attached hydrogens (tertiary/aromatic N) is 2. The minimum atomic E-state index is -1.42. The van der Waals surface area contributed by atoms with E-state index in [-0.39, 0.29) is 0 Å². The number of benzene rings is 1. The molecule has 1 aromatic carbocycles. The van der Waals surface area contributed by atoms with Crippen molar-refractivity contribution in [2.75, 3.05) is 6.54 Å². The molecule has 0 amide bonds. The fourth-order valence-corrected chi connectivity index (χ4v) is 1.91. The molecule has 6 heteroatoms. The molecule has 0 saturated heterocycles. The molecule has 20 heavy (non-hydrogen) atoms. The molecule has 2 rings (SSSR count). The zero-order valence-electron chi connectivity index (χ0n) is 11.0. The molecular weight excluding hydrogens is 267 g/mol. The minimum absolute atomic E-state index is 0.319. The summed E-state index contributed by atoms with van der Waals surface area (Å²) in [5, 5.41) is 3.08. The highest BCUT2D eigenvalue weighted by atomic mass is 19.2. The third kappa shape index (κ3) is 4.09. The van der Waals surface area contributed by atoms with Crippen LogP contribution < -0.4 is 5.32 Å². The SMILES string of the molecule is Fc1cc(CNCCCCn2ccnc2)cc(F)c1F. The number of hydrogen-bond donors (Lipinski definition) is 1. The molecule has 0 fully saturated rings. The molecule has 0 unspecified atom stereocenters. The van der Waals surface area contributed by atoms with E-state index in [2.05, 4.69) is 10.3 Å². The second kappa shape index (κ2) is 7.09. The van der Waals surface area contributed by atoms with E-state index >= 15 is 0 Å². The highest BCUT2D eigenvalue weighted by Gasteiger charge is 2.09. The van der Waals surface area contributed by atoms with Crippen LogP contribution in [0.2, 0.25) is 0 Å². The fraction of sp³-hybridized carbons (Fsp3) is 0.357. The van der Waals surface area contributed by atoms with Crippen molar-refractivity contribution in [1.29, 1.82) is 0 Å². The van der Waals surface area contributed by atoms with E-state index in [9.17, 15) is 13.2 Å². The Kier molecular flexibility index (Phi) is 5.17. The standard InChI is InChI=1S/C14H16F3N3/c15-12-7-11(8-13(16)14(12)17)9-18-3-1-2-5-20-6-4-19-10-20/h4,6-8,10,18H,1-3,5,9H2. The van der Waals surface area contributed by atoms with E-state index < -0.39 is 17.5 Å². The summed E-state index contributed by atoms with van der Waals surface area (Å²) in [6.45, 7) is 1.94. The largest absolute Gasteiger partial charge is 0.337 e. The first kappa shape index (κ1) is 14.6. The third-order valence-electron chi connectivity index (χ3n) is 2.95. The first-order chi connectivity index (χ1) is 9.66. The number of unbranched alkanes of at least 4 members (excludes halogenated alkanes) is 1. The summed E-state index contributed by atoms with van der Waals surface area (Å²) in [5.41, 5.74) is 0.399. The highest BCUT2D eigenvalue weighted by molar-refractivity contribution is 5.19. The lowest BCUT2D eigenvalue weighted by Gasteiger charge is -2.06. The van der Waals surface area contributed by atoms with Gasteiger partial charge in [0, 0.05) is 25.5 Å². The van der Waals surface area contributed by atoms with Crippen molar-refractivity contribution in [1.82, 2.24) is 14.9 Å². The molecule has 1 heterocycles. The molecule has 0 aliphatic heterocycles. The van der Waals surface area contributed by atoms with Gasteiger partial charge in [0.05, 0.1) is 6.33 Å². The summed E-state index contributed by atoms with van der Waals surface area (Å²) < 4.78 is 40.7. The maximum Gasteiger partial charge on any atom is 0.194 e. The van der Waals surface area contributed by atoms with Gasteiger partial charge in [-0.2, -0.15) is 0 Å². The Morgan fingerprint density at radius 2 is 1.85 bits per heavy atom. The zero-order valence-corrected chi connectivity index (χ0v) is 11.0.